The van der Waals surface area contributed by atoms with Crippen LogP contribution in [0.4, 0.5) is 0 Å². The summed E-state index contributed by atoms with van der Waals surface area (Å²) < 4.78 is 22.3. The Bertz CT molecular complexity index is 225. The van der Waals surface area contributed by atoms with Crippen LogP contribution in [0.5, 0.6) is 0 Å². The van der Waals surface area contributed by atoms with Gasteiger partial charge >= 0.3 is 0 Å². The highest BCUT2D eigenvalue weighted by molar-refractivity contribution is 7.91. The maximum Gasteiger partial charge on any atom is 0.151 e. The first-order valence-corrected chi connectivity index (χ1v) is 7.85. The summed E-state index contributed by atoms with van der Waals surface area (Å²) >= 11 is 0. The molecule has 0 heterocycles. The quantitative estimate of drug-likeness (QED) is 0.589. The van der Waals surface area contributed by atoms with E-state index in [0.717, 1.165) is 13.0 Å². The Morgan fingerprint density at radius 2 is 1.60 bits per heavy atom. The van der Waals surface area contributed by atoms with Crippen LogP contribution in [0.1, 0.15) is 46.0 Å². The first-order chi connectivity index (χ1) is 7.12. The highest BCUT2D eigenvalue weighted by atomic mass is 32.2. The zero-order chi connectivity index (χ0) is 11.6. The predicted molar refractivity (Wildman–Crippen MR) is 66.0 cm³/mol. The van der Waals surface area contributed by atoms with E-state index in [2.05, 4.69) is 12.2 Å². The number of hydrogen-bond donors (Lipinski definition) is 1. The van der Waals surface area contributed by atoms with Crippen molar-refractivity contribution in [2.75, 3.05) is 24.6 Å². The molecule has 3 nitrogen and oxygen atoms in total. The van der Waals surface area contributed by atoms with Crippen LogP contribution in [0.15, 0.2) is 0 Å². The third kappa shape index (κ3) is 10.2. The van der Waals surface area contributed by atoms with Gasteiger partial charge in [0.1, 0.15) is 0 Å². The molecule has 0 aliphatic heterocycles. The molecule has 4 heteroatoms. The largest absolute Gasteiger partial charge is 0.316 e. The van der Waals surface area contributed by atoms with Crippen LogP contribution in [0.25, 0.3) is 0 Å². The molecule has 0 spiro atoms. The normalized spacial score (nSPS) is 11.9. The van der Waals surface area contributed by atoms with Gasteiger partial charge in [-0.2, -0.15) is 0 Å². The van der Waals surface area contributed by atoms with Gasteiger partial charge in [0.25, 0.3) is 0 Å². The monoisotopic (exact) mass is 235 g/mol. The fraction of sp³-hybridized carbons (Fsp3) is 1.00. The fourth-order valence-corrected chi connectivity index (χ4v) is 2.09. The zero-order valence-corrected chi connectivity index (χ0v) is 10.9. The van der Waals surface area contributed by atoms with Crippen LogP contribution >= 0.6 is 0 Å². The first-order valence-electron chi connectivity index (χ1n) is 6.03. The van der Waals surface area contributed by atoms with E-state index < -0.39 is 9.84 Å². The number of unbranched alkanes of at least 4 members (excludes halogenated alkanes) is 4. The topological polar surface area (TPSA) is 46.2 Å². The zero-order valence-electron chi connectivity index (χ0n) is 10.1. The molecule has 0 bridgehead atoms. The van der Waals surface area contributed by atoms with Crippen molar-refractivity contribution in [3.8, 4) is 0 Å². The molecule has 0 rings (SSSR count). The Morgan fingerprint density at radius 3 is 2.20 bits per heavy atom. The van der Waals surface area contributed by atoms with E-state index in [4.69, 9.17) is 0 Å². The van der Waals surface area contributed by atoms with E-state index in [1.807, 2.05) is 0 Å². The molecule has 15 heavy (non-hydrogen) atoms. The van der Waals surface area contributed by atoms with Crippen LogP contribution < -0.4 is 5.32 Å². The van der Waals surface area contributed by atoms with E-state index >= 15 is 0 Å². The third-order valence-corrected chi connectivity index (χ3v) is 4.19. The summed E-state index contributed by atoms with van der Waals surface area (Å²) in [6.07, 6.45) is 6.28. The number of rotatable bonds is 10. The van der Waals surface area contributed by atoms with E-state index in [1.165, 1.54) is 25.7 Å². The average Bonchev–Trinajstić information content (AvgIpc) is 2.22. The minimum Gasteiger partial charge on any atom is -0.316 e. The number of sulfone groups is 1. The molecule has 0 aromatic rings. The van der Waals surface area contributed by atoms with Gasteiger partial charge < -0.3 is 5.32 Å². The van der Waals surface area contributed by atoms with Crippen molar-refractivity contribution in [3.05, 3.63) is 0 Å². The summed E-state index contributed by atoms with van der Waals surface area (Å²) in [7, 11) is -2.78. The van der Waals surface area contributed by atoms with Crippen molar-refractivity contribution in [2.24, 2.45) is 0 Å². The summed E-state index contributed by atoms with van der Waals surface area (Å²) in [5.74, 6) is 0.531. The minimum atomic E-state index is -2.78. The molecule has 0 aliphatic rings. The Balaban J connectivity index is 3.19. The molecule has 1 N–H and O–H groups in total. The summed E-state index contributed by atoms with van der Waals surface area (Å²) in [5.41, 5.74) is 0. The Kier molecular flexibility index (Phi) is 9.10. The molecular weight excluding hydrogens is 210 g/mol. The van der Waals surface area contributed by atoms with Crippen LogP contribution in [0.2, 0.25) is 0 Å². The summed E-state index contributed by atoms with van der Waals surface area (Å²) in [6, 6.07) is 0. The van der Waals surface area contributed by atoms with Gasteiger partial charge in [-0.25, -0.2) is 8.42 Å². The average molecular weight is 235 g/mol. The van der Waals surface area contributed by atoms with E-state index in [9.17, 15) is 8.42 Å². The lowest BCUT2D eigenvalue weighted by atomic mass is 10.1. The van der Waals surface area contributed by atoms with Crippen molar-refractivity contribution in [2.45, 2.75) is 46.0 Å². The minimum absolute atomic E-state index is 0.255. The molecule has 0 amide bonds. The van der Waals surface area contributed by atoms with Crippen molar-refractivity contribution < 1.29 is 8.42 Å². The molecule has 0 aromatic heterocycles. The highest BCUT2D eigenvalue weighted by Crippen LogP contribution is 2.00. The van der Waals surface area contributed by atoms with Gasteiger partial charge in [-0.05, 0) is 13.0 Å². The summed E-state index contributed by atoms with van der Waals surface area (Å²) in [5, 5.41) is 3.17. The van der Waals surface area contributed by atoms with Gasteiger partial charge in [-0.15, -0.1) is 0 Å². The highest BCUT2D eigenvalue weighted by Gasteiger charge is 2.05. The van der Waals surface area contributed by atoms with E-state index in [0.29, 0.717) is 6.54 Å². The molecule has 0 radical (unpaired) electrons. The van der Waals surface area contributed by atoms with Crippen LogP contribution in [0.3, 0.4) is 0 Å². The summed E-state index contributed by atoms with van der Waals surface area (Å²) in [6.45, 7) is 5.45. The summed E-state index contributed by atoms with van der Waals surface area (Å²) in [4.78, 5) is 0. The molecule has 0 atom stereocenters. The molecular formula is C11H25NO2S. The number of hydrogen-bond acceptors (Lipinski definition) is 3. The standard InChI is InChI=1S/C11H25NO2S/c1-3-5-6-7-8-9-12-10-11-15(13,14)4-2/h12H,3-11H2,1-2H3. The second-order valence-electron chi connectivity index (χ2n) is 3.90. The SMILES string of the molecule is CCCCCCCNCCS(=O)(=O)CC. The van der Waals surface area contributed by atoms with Gasteiger partial charge in [-0.3, -0.25) is 0 Å². The van der Waals surface area contributed by atoms with Gasteiger partial charge in [0.15, 0.2) is 9.84 Å². The van der Waals surface area contributed by atoms with Gasteiger partial charge in [0.05, 0.1) is 5.75 Å². The second kappa shape index (κ2) is 9.16. The maximum atomic E-state index is 11.1. The Morgan fingerprint density at radius 1 is 0.933 bits per heavy atom. The van der Waals surface area contributed by atoms with Gasteiger partial charge in [-0.1, -0.05) is 39.5 Å². The molecule has 0 fully saturated rings. The third-order valence-electron chi connectivity index (χ3n) is 2.49. The van der Waals surface area contributed by atoms with Crippen molar-refractivity contribution in [3.63, 3.8) is 0 Å². The lowest BCUT2D eigenvalue weighted by Gasteiger charge is -2.04. The molecule has 92 valence electrons. The van der Waals surface area contributed by atoms with Gasteiger partial charge in [0, 0.05) is 12.3 Å². The second-order valence-corrected chi connectivity index (χ2v) is 6.37. The van der Waals surface area contributed by atoms with Crippen LogP contribution in [0, 0.1) is 0 Å². The maximum absolute atomic E-state index is 11.1. The fourth-order valence-electron chi connectivity index (χ4n) is 1.35. The van der Waals surface area contributed by atoms with Crippen molar-refractivity contribution in [1.82, 2.24) is 5.32 Å². The lowest BCUT2D eigenvalue weighted by Crippen LogP contribution is -2.24. The smallest absolute Gasteiger partial charge is 0.151 e. The van der Waals surface area contributed by atoms with E-state index in [-0.39, 0.29) is 11.5 Å². The molecule has 0 saturated heterocycles. The predicted octanol–water partition coefficient (Wildman–Crippen LogP) is 1.98. The molecule has 0 saturated carbocycles. The van der Waals surface area contributed by atoms with Crippen LogP contribution in [-0.4, -0.2) is 33.0 Å². The molecule has 0 aromatic carbocycles. The Labute approximate surface area is 94.6 Å². The Hall–Kier alpha value is -0.0900. The lowest BCUT2D eigenvalue weighted by molar-refractivity contribution is 0.578. The van der Waals surface area contributed by atoms with E-state index in [1.54, 1.807) is 6.92 Å². The first kappa shape index (κ1) is 14.9. The molecule has 0 unspecified atom stereocenters. The van der Waals surface area contributed by atoms with Crippen LogP contribution in [-0.2, 0) is 9.84 Å². The van der Waals surface area contributed by atoms with Crippen molar-refractivity contribution >= 4 is 9.84 Å². The molecule has 0 aliphatic carbocycles. The van der Waals surface area contributed by atoms with Gasteiger partial charge in [0.2, 0.25) is 0 Å². The van der Waals surface area contributed by atoms with Crippen molar-refractivity contribution in [1.29, 1.82) is 0 Å². The number of nitrogens with one attached hydrogen (secondary N) is 1.